The molecular weight excluding hydrogens is 240 g/mol. The molecule has 3 fully saturated rings. The van der Waals surface area contributed by atoms with E-state index in [-0.39, 0.29) is 29.3 Å². The molecule has 0 saturated carbocycles. The van der Waals surface area contributed by atoms with E-state index in [2.05, 4.69) is 20.8 Å². The third-order valence-electron chi connectivity index (χ3n) is 5.22. The van der Waals surface area contributed by atoms with Crippen molar-refractivity contribution in [1.82, 2.24) is 9.80 Å². The zero-order valence-electron chi connectivity index (χ0n) is 12.2. The molecule has 2 amide bonds. The van der Waals surface area contributed by atoms with Crippen molar-refractivity contribution in [2.45, 2.75) is 58.5 Å². The van der Waals surface area contributed by atoms with Crippen molar-refractivity contribution in [2.24, 2.45) is 11.3 Å². The summed E-state index contributed by atoms with van der Waals surface area (Å²) in [5.41, 5.74) is 0.220. The van der Waals surface area contributed by atoms with E-state index in [0.717, 1.165) is 38.8 Å². The number of amides is 2. The van der Waals surface area contributed by atoms with Crippen LogP contribution in [0.5, 0.6) is 0 Å². The Kier molecular flexibility index (Phi) is 2.88. The van der Waals surface area contributed by atoms with E-state index in [1.807, 2.05) is 9.80 Å². The first-order valence-electron chi connectivity index (χ1n) is 7.50. The topological polar surface area (TPSA) is 40.6 Å². The normalized spacial score (nSPS) is 35.4. The van der Waals surface area contributed by atoms with Gasteiger partial charge in [0.1, 0.15) is 12.1 Å². The molecule has 4 heteroatoms. The lowest BCUT2D eigenvalue weighted by molar-refractivity contribution is -0.163. The minimum atomic E-state index is -0.181. The molecule has 3 unspecified atom stereocenters. The van der Waals surface area contributed by atoms with Crippen molar-refractivity contribution in [3.63, 3.8) is 0 Å². The predicted molar refractivity (Wildman–Crippen MR) is 72.4 cm³/mol. The van der Waals surface area contributed by atoms with Crippen LogP contribution in [0.15, 0.2) is 0 Å². The third kappa shape index (κ3) is 1.96. The highest BCUT2D eigenvalue weighted by Crippen LogP contribution is 2.40. The number of carbonyl (C=O) groups excluding carboxylic acids is 2. The summed E-state index contributed by atoms with van der Waals surface area (Å²) in [6.45, 7) is 8.25. The maximum absolute atomic E-state index is 12.6. The molecule has 3 heterocycles. The van der Waals surface area contributed by atoms with Crippen LogP contribution in [0.1, 0.15) is 46.5 Å². The van der Waals surface area contributed by atoms with Crippen molar-refractivity contribution >= 4 is 11.8 Å². The van der Waals surface area contributed by atoms with Gasteiger partial charge in [0.15, 0.2) is 0 Å². The minimum absolute atomic E-state index is 0.144. The molecule has 0 bridgehead atoms. The largest absolute Gasteiger partial charge is 0.329 e. The Morgan fingerprint density at radius 3 is 2.26 bits per heavy atom. The number of fused-ring (bicyclic) bond motifs is 2. The molecule has 3 aliphatic rings. The zero-order valence-corrected chi connectivity index (χ0v) is 12.2. The lowest BCUT2D eigenvalue weighted by Gasteiger charge is -2.48. The van der Waals surface area contributed by atoms with E-state index < -0.39 is 0 Å². The molecule has 0 spiro atoms. The standard InChI is InChI=1S/C15H24N2O2/c1-15(2,3)10-6-8-17-12(9-10)14(19)16-7-4-5-11(16)13(17)18/h10-12H,4-9H2,1-3H3. The molecule has 0 radical (unpaired) electrons. The van der Waals surface area contributed by atoms with Crippen molar-refractivity contribution in [3.05, 3.63) is 0 Å². The SMILES string of the molecule is CC(C)(C)C1CCN2C(=O)C3CCCN3C(=O)C2C1. The molecule has 3 saturated heterocycles. The molecule has 3 rings (SSSR count). The second-order valence-electron chi connectivity index (χ2n) is 7.32. The highest BCUT2D eigenvalue weighted by atomic mass is 16.2. The maximum atomic E-state index is 12.6. The monoisotopic (exact) mass is 264 g/mol. The first-order chi connectivity index (χ1) is 8.89. The molecule has 0 aromatic carbocycles. The van der Waals surface area contributed by atoms with Crippen LogP contribution in [0.25, 0.3) is 0 Å². The average Bonchev–Trinajstić information content (AvgIpc) is 2.83. The van der Waals surface area contributed by atoms with Gasteiger partial charge in [0.25, 0.3) is 0 Å². The lowest BCUT2D eigenvalue weighted by Crippen LogP contribution is -2.65. The molecule has 4 nitrogen and oxygen atoms in total. The summed E-state index contributed by atoms with van der Waals surface area (Å²) in [5, 5.41) is 0. The molecule has 0 aromatic rings. The molecule has 19 heavy (non-hydrogen) atoms. The van der Waals surface area contributed by atoms with E-state index in [1.54, 1.807) is 0 Å². The van der Waals surface area contributed by atoms with Crippen LogP contribution in [-0.4, -0.2) is 46.8 Å². The van der Waals surface area contributed by atoms with Crippen molar-refractivity contribution in [1.29, 1.82) is 0 Å². The Labute approximate surface area is 115 Å². The van der Waals surface area contributed by atoms with Gasteiger partial charge in [-0.25, -0.2) is 0 Å². The quantitative estimate of drug-likeness (QED) is 0.667. The Morgan fingerprint density at radius 2 is 1.58 bits per heavy atom. The van der Waals surface area contributed by atoms with Gasteiger partial charge in [0.05, 0.1) is 0 Å². The summed E-state index contributed by atoms with van der Waals surface area (Å²) in [5.74, 6) is 0.940. The van der Waals surface area contributed by atoms with Crippen LogP contribution in [0.3, 0.4) is 0 Å². The average molecular weight is 264 g/mol. The van der Waals surface area contributed by atoms with Gasteiger partial charge in [-0.15, -0.1) is 0 Å². The summed E-state index contributed by atoms with van der Waals surface area (Å²) in [6, 6.07) is -0.324. The molecule has 106 valence electrons. The summed E-state index contributed by atoms with van der Waals surface area (Å²) in [4.78, 5) is 28.8. The number of hydrogen-bond donors (Lipinski definition) is 0. The van der Waals surface area contributed by atoms with Gasteiger partial charge in [-0.2, -0.15) is 0 Å². The van der Waals surface area contributed by atoms with Gasteiger partial charge < -0.3 is 9.80 Å². The molecular formula is C15H24N2O2. The van der Waals surface area contributed by atoms with Crippen molar-refractivity contribution < 1.29 is 9.59 Å². The van der Waals surface area contributed by atoms with E-state index in [9.17, 15) is 9.59 Å². The van der Waals surface area contributed by atoms with Crippen LogP contribution in [-0.2, 0) is 9.59 Å². The number of rotatable bonds is 0. The Hall–Kier alpha value is -1.06. The lowest BCUT2D eigenvalue weighted by atomic mass is 9.72. The Morgan fingerprint density at radius 1 is 0.947 bits per heavy atom. The molecule has 3 atom stereocenters. The highest BCUT2D eigenvalue weighted by molar-refractivity contribution is 5.97. The van der Waals surface area contributed by atoms with Gasteiger partial charge in [-0.05, 0) is 37.0 Å². The highest BCUT2D eigenvalue weighted by Gasteiger charge is 2.50. The van der Waals surface area contributed by atoms with E-state index in [4.69, 9.17) is 0 Å². The van der Waals surface area contributed by atoms with Crippen LogP contribution in [0.2, 0.25) is 0 Å². The zero-order chi connectivity index (χ0) is 13.8. The smallest absolute Gasteiger partial charge is 0.246 e. The molecule has 0 aliphatic carbocycles. The number of piperazine rings is 1. The van der Waals surface area contributed by atoms with Crippen LogP contribution < -0.4 is 0 Å². The molecule has 3 aliphatic heterocycles. The summed E-state index contributed by atoms with van der Waals surface area (Å²) in [6.07, 6.45) is 3.71. The minimum Gasteiger partial charge on any atom is -0.329 e. The number of piperidine rings is 1. The van der Waals surface area contributed by atoms with E-state index in [0.29, 0.717) is 5.92 Å². The fourth-order valence-electron chi connectivity index (χ4n) is 3.92. The molecule has 0 aromatic heterocycles. The summed E-state index contributed by atoms with van der Waals surface area (Å²) in [7, 11) is 0. The van der Waals surface area contributed by atoms with Gasteiger partial charge in [0.2, 0.25) is 11.8 Å². The van der Waals surface area contributed by atoms with Gasteiger partial charge in [-0.3, -0.25) is 9.59 Å². The van der Waals surface area contributed by atoms with Crippen molar-refractivity contribution in [3.8, 4) is 0 Å². The van der Waals surface area contributed by atoms with Crippen LogP contribution >= 0.6 is 0 Å². The maximum Gasteiger partial charge on any atom is 0.246 e. The summed E-state index contributed by atoms with van der Waals surface area (Å²) < 4.78 is 0. The van der Waals surface area contributed by atoms with Crippen LogP contribution in [0, 0.1) is 11.3 Å². The van der Waals surface area contributed by atoms with Crippen molar-refractivity contribution in [2.75, 3.05) is 13.1 Å². The fourth-order valence-corrected chi connectivity index (χ4v) is 3.92. The second-order valence-corrected chi connectivity index (χ2v) is 7.32. The third-order valence-corrected chi connectivity index (χ3v) is 5.22. The van der Waals surface area contributed by atoms with Gasteiger partial charge >= 0.3 is 0 Å². The van der Waals surface area contributed by atoms with E-state index in [1.165, 1.54) is 0 Å². The number of carbonyl (C=O) groups is 2. The summed E-state index contributed by atoms with van der Waals surface area (Å²) >= 11 is 0. The number of nitrogens with zero attached hydrogens (tertiary/aromatic N) is 2. The van der Waals surface area contributed by atoms with Gasteiger partial charge in [-0.1, -0.05) is 20.8 Å². The molecule has 0 N–H and O–H groups in total. The first kappa shape index (κ1) is 12.9. The predicted octanol–water partition coefficient (Wildman–Crippen LogP) is 1.64. The first-order valence-corrected chi connectivity index (χ1v) is 7.50. The second kappa shape index (κ2) is 4.22. The van der Waals surface area contributed by atoms with Gasteiger partial charge in [0, 0.05) is 13.1 Å². The fraction of sp³-hybridized carbons (Fsp3) is 0.867. The Bertz CT molecular complexity index is 413. The number of hydrogen-bond acceptors (Lipinski definition) is 2. The Balaban J connectivity index is 1.84. The van der Waals surface area contributed by atoms with E-state index >= 15 is 0 Å². The van der Waals surface area contributed by atoms with Crippen LogP contribution in [0.4, 0.5) is 0 Å².